The van der Waals surface area contributed by atoms with Gasteiger partial charge in [0.05, 0.1) is 5.52 Å². The van der Waals surface area contributed by atoms with E-state index >= 15 is 0 Å². The lowest BCUT2D eigenvalue weighted by molar-refractivity contribution is -0.114. The van der Waals surface area contributed by atoms with Crippen molar-refractivity contribution in [3.63, 3.8) is 0 Å². The summed E-state index contributed by atoms with van der Waals surface area (Å²) in [7, 11) is 0. The summed E-state index contributed by atoms with van der Waals surface area (Å²) in [6.07, 6.45) is 0.794. The van der Waals surface area contributed by atoms with Gasteiger partial charge in [-0.15, -0.1) is 0 Å². The molecule has 0 spiro atoms. The molecule has 2 aromatic rings. The normalized spacial score (nSPS) is 10.5. The molecule has 0 fully saturated rings. The Morgan fingerprint density at radius 2 is 2.18 bits per heavy atom. The van der Waals surface area contributed by atoms with Crippen LogP contribution in [0.15, 0.2) is 22.8 Å². The number of hydrogen-bond donors (Lipinski definition) is 1. The van der Waals surface area contributed by atoms with Crippen molar-refractivity contribution in [3.05, 3.63) is 28.6 Å². The highest BCUT2D eigenvalue weighted by molar-refractivity contribution is 9.10. The van der Waals surface area contributed by atoms with E-state index in [-0.39, 0.29) is 5.91 Å². The van der Waals surface area contributed by atoms with E-state index in [0.717, 1.165) is 33.4 Å². The van der Waals surface area contributed by atoms with E-state index in [4.69, 9.17) is 0 Å². The van der Waals surface area contributed by atoms with Gasteiger partial charge >= 0.3 is 0 Å². The van der Waals surface area contributed by atoms with Crippen LogP contribution in [0, 0.1) is 0 Å². The first-order valence-corrected chi connectivity index (χ1v) is 6.13. The van der Waals surface area contributed by atoms with Gasteiger partial charge in [-0.1, -0.05) is 6.92 Å². The van der Waals surface area contributed by atoms with Crippen molar-refractivity contribution >= 4 is 38.4 Å². The van der Waals surface area contributed by atoms with E-state index in [1.54, 1.807) is 0 Å². The molecule has 88 valence electrons. The number of nitrogens with one attached hydrogen (secondary N) is 1. The number of aryl methyl sites for hydroxylation is 1. The lowest BCUT2D eigenvalue weighted by Gasteiger charge is -2.06. The van der Waals surface area contributed by atoms with E-state index in [2.05, 4.69) is 31.2 Å². The number of rotatable bonds is 2. The molecule has 4 nitrogen and oxygen atoms in total. The second-order valence-corrected chi connectivity index (χ2v) is 4.45. The second kappa shape index (κ2) is 4.79. The van der Waals surface area contributed by atoms with Crippen LogP contribution in [0.1, 0.15) is 19.7 Å². The number of amides is 1. The third-order valence-electron chi connectivity index (χ3n) is 2.33. The van der Waals surface area contributed by atoms with Crippen LogP contribution in [0.4, 0.5) is 5.69 Å². The van der Waals surface area contributed by atoms with Crippen LogP contribution < -0.4 is 5.32 Å². The first-order chi connectivity index (χ1) is 8.10. The molecule has 1 N–H and O–H groups in total. The minimum atomic E-state index is -0.0911. The van der Waals surface area contributed by atoms with Gasteiger partial charge < -0.3 is 5.32 Å². The zero-order valence-electron chi connectivity index (χ0n) is 9.62. The molecule has 0 atom stereocenters. The molecular weight excluding hydrogens is 282 g/mol. The molecule has 0 aliphatic rings. The quantitative estimate of drug-likeness (QED) is 0.866. The number of fused-ring (bicyclic) bond motifs is 1. The number of carbonyl (C=O) groups is 1. The molecular formula is C12H12BrN3O. The fraction of sp³-hybridized carbons (Fsp3) is 0.250. The Morgan fingerprint density at radius 1 is 1.41 bits per heavy atom. The van der Waals surface area contributed by atoms with Crippen LogP contribution in [-0.2, 0) is 11.2 Å². The van der Waals surface area contributed by atoms with Crippen LogP contribution in [0.5, 0.6) is 0 Å². The average molecular weight is 294 g/mol. The highest BCUT2D eigenvalue weighted by Gasteiger charge is 2.06. The Hall–Kier alpha value is -1.49. The van der Waals surface area contributed by atoms with E-state index in [1.807, 2.05) is 25.1 Å². The summed E-state index contributed by atoms with van der Waals surface area (Å²) in [4.78, 5) is 19.7. The number of benzene rings is 1. The molecule has 0 saturated heterocycles. The molecule has 0 radical (unpaired) electrons. The summed E-state index contributed by atoms with van der Waals surface area (Å²) < 4.78 is 0.756. The van der Waals surface area contributed by atoms with Crippen LogP contribution >= 0.6 is 15.9 Å². The van der Waals surface area contributed by atoms with Gasteiger partial charge in [0.25, 0.3) is 0 Å². The number of hydrogen-bond acceptors (Lipinski definition) is 3. The van der Waals surface area contributed by atoms with Gasteiger partial charge in [-0.05, 0) is 34.1 Å². The lowest BCUT2D eigenvalue weighted by Crippen LogP contribution is -2.05. The van der Waals surface area contributed by atoms with Crippen LogP contribution in [0.3, 0.4) is 0 Å². The summed E-state index contributed by atoms with van der Waals surface area (Å²) in [6, 6.07) is 5.58. The topological polar surface area (TPSA) is 54.9 Å². The molecule has 1 aromatic heterocycles. The van der Waals surface area contributed by atoms with E-state index in [1.165, 1.54) is 6.92 Å². The number of nitrogens with zero attached hydrogens (tertiary/aromatic N) is 2. The number of aromatic nitrogens is 2. The summed E-state index contributed by atoms with van der Waals surface area (Å²) in [5.74, 6) is 0.711. The highest BCUT2D eigenvalue weighted by atomic mass is 79.9. The Kier molecular flexibility index (Phi) is 3.38. The molecule has 0 saturated carbocycles. The largest absolute Gasteiger partial charge is 0.326 e. The van der Waals surface area contributed by atoms with Crippen molar-refractivity contribution in [2.45, 2.75) is 20.3 Å². The SMILES string of the molecule is CCc1nc(Br)c2cc(NC(C)=O)ccc2n1. The summed E-state index contributed by atoms with van der Waals surface area (Å²) in [6.45, 7) is 3.50. The highest BCUT2D eigenvalue weighted by Crippen LogP contribution is 2.24. The fourth-order valence-corrected chi connectivity index (χ4v) is 2.10. The lowest BCUT2D eigenvalue weighted by atomic mass is 10.2. The zero-order valence-corrected chi connectivity index (χ0v) is 11.2. The number of anilines is 1. The molecule has 0 bridgehead atoms. The van der Waals surface area contributed by atoms with Gasteiger partial charge in [0.15, 0.2) is 0 Å². The van der Waals surface area contributed by atoms with Gasteiger partial charge in [-0.25, -0.2) is 9.97 Å². The molecule has 0 aliphatic heterocycles. The van der Waals surface area contributed by atoms with Crippen molar-refractivity contribution in [1.29, 1.82) is 0 Å². The maximum atomic E-state index is 11.0. The molecule has 0 unspecified atom stereocenters. The summed E-state index contributed by atoms with van der Waals surface area (Å²) in [5, 5.41) is 3.63. The molecule has 17 heavy (non-hydrogen) atoms. The minimum Gasteiger partial charge on any atom is -0.326 e. The average Bonchev–Trinajstić information content (AvgIpc) is 2.29. The smallest absolute Gasteiger partial charge is 0.221 e. The van der Waals surface area contributed by atoms with Gasteiger partial charge in [-0.2, -0.15) is 0 Å². The van der Waals surface area contributed by atoms with Crippen LogP contribution in [0.25, 0.3) is 10.9 Å². The van der Waals surface area contributed by atoms with E-state index in [9.17, 15) is 4.79 Å². The van der Waals surface area contributed by atoms with Gasteiger partial charge in [0, 0.05) is 24.4 Å². The first kappa shape index (κ1) is 12.0. The number of halogens is 1. The van der Waals surface area contributed by atoms with Gasteiger partial charge in [-0.3, -0.25) is 4.79 Å². The maximum Gasteiger partial charge on any atom is 0.221 e. The third-order valence-corrected chi connectivity index (χ3v) is 2.94. The summed E-state index contributed by atoms with van der Waals surface area (Å²) in [5.41, 5.74) is 1.62. The third kappa shape index (κ3) is 2.61. The Balaban J connectivity index is 2.54. The van der Waals surface area contributed by atoms with Crippen molar-refractivity contribution in [3.8, 4) is 0 Å². The van der Waals surface area contributed by atoms with Crippen molar-refractivity contribution in [2.75, 3.05) is 5.32 Å². The Labute approximate surface area is 108 Å². The molecule has 1 amide bonds. The minimum absolute atomic E-state index is 0.0911. The predicted octanol–water partition coefficient (Wildman–Crippen LogP) is 2.91. The summed E-state index contributed by atoms with van der Waals surface area (Å²) >= 11 is 3.43. The predicted molar refractivity (Wildman–Crippen MR) is 70.9 cm³/mol. The molecule has 0 aliphatic carbocycles. The Morgan fingerprint density at radius 3 is 2.82 bits per heavy atom. The molecule has 5 heteroatoms. The first-order valence-electron chi connectivity index (χ1n) is 5.34. The van der Waals surface area contributed by atoms with Gasteiger partial charge in [0.2, 0.25) is 5.91 Å². The second-order valence-electron chi connectivity index (χ2n) is 3.70. The van der Waals surface area contributed by atoms with Crippen LogP contribution in [0.2, 0.25) is 0 Å². The van der Waals surface area contributed by atoms with E-state index in [0.29, 0.717) is 0 Å². The molecule has 2 rings (SSSR count). The van der Waals surface area contributed by atoms with Gasteiger partial charge in [0.1, 0.15) is 10.4 Å². The van der Waals surface area contributed by atoms with Crippen LogP contribution in [-0.4, -0.2) is 15.9 Å². The standard InChI is InChI=1S/C12H12BrN3O/c1-3-11-15-10-5-4-8(14-7(2)17)6-9(10)12(13)16-11/h4-6H,3H2,1-2H3,(H,14,17). The maximum absolute atomic E-state index is 11.0. The van der Waals surface area contributed by atoms with Crippen molar-refractivity contribution < 1.29 is 4.79 Å². The van der Waals surface area contributed by atoms with Crippen molar-refractivity contribution in [1.82, 2.24) is 9.97 Å². The zero-order chi connectivity index (χ0) is 12.4. The molecule has 1 heterocycles. The molecule has 1 aromatic carbocycles. The van der Waals surface area contributed by atoms with E-state index < -0.39 is 0 Å². The fourth-order valence-electron chi connectivity index (χ4n) is 1.58. The Bertz CT molecular complexity index is 583. The van der Waals surface area contributed by atoms with Crippen molar-refractivity contribution in [2.24, 2.45) is 0 Å². The number of carbonyl (C=O) groups excluding carboxylic acids is 1. The monoisotopic (exact) mass is 293 g/mol.